The van der Waals surface area contributed by atoms with E-state index < -0.39 is 0 Å². The van der Waals surface area contributed by atoms with Crippen LogP contribution in [0.2, 0.25) is 0 Å². The second-order valence-corrected chi connectivity index (χ2v) is 10.3. The molecule has 1 aliphatic carbocycles. The summed E-state index contributed by atoms with van der Waals surface area (Å²) in [6, 6.07) is 19.8. The standard InChI is InChI=1S/C29H40N4.3ClH/c1-21-5-4-6-22(19-21)26(15-18-32-24-11-9-23(30)10-12-24)28-20-33(25-13-16-31-17-14-25)29-8-3-2-7-27(28)29;;;/h2-8,19-20,23-26,31-32H,9-18,30H2,1H3;3*1H. The average molecular weight is 554 g/mol. The third-order valence-electron chi connectivity index (χ3n) is 7.93. The third-order valence-corrected chi connectivity index (χ3v) is 7.93. The van der Waals surface area contributed by atoms with Crippen molar-refractivity contribution in [1.29, 1.82) is 0 Å². The number of aryl methyl sites for hydroxylation is 1. The van der Waals surface area contributed by atoms with Gasteiger partial charge in [0.25, 0.3) is 0 Å². The van der Waals surface area contributed by atoms with Crippen molar-refractivity contribution < 1.29 is 0 Å². The van der Waals surface area contributed by atoms with E-state index in [1.165, 1.54) is 53.3 Å². The molecule has 1 aliphatic heterocycles. The number of hydrogen-bond donors (Lipinski definition) is 3. The molecule has 1 aromatic heterocycles. The van der Waals surface area contributed by atoms with E-state index >= 15 is 0 Å². The molecular formula is C29H43Cl3N4. The van der Waals surface area contributed by atoms with Crippen LogP contribution < -0.4 is 16.4 Å². The monoisotopic (exact) mass is 552 g/mol. The lowest BCUT2D eigenvalue weighted by Crippen LogP contribution is -2.38. The molecule has 0 amide bonds. The first-order chi connectivity index (χ1) is 16.2. The molecule has 1 saturated carbocycles. The Bertz CT molecular complexity index is 1060. The Kier molecular flexibility index (Phi) is 12.6. The molecule has 4 nitrogen and oxygen atoms in total. The van der Waals surface area contributed by atoms with Crippen LogP contribution in [0.5, 0.6) is 0 Å². The second kappa shape index (κ2) is 14.6. The lowest BCUT2D eigenvalue weighted by molar-refractivity contribution is 0.340. The van der Waals surface area contributed by atoms with E-state index in [0.717, 1.165) is 38.9 Å². The maximum Gasteiger partial charge on any atom is 0.0485 e. The van der Waals surface area contributed by atoms with Gasteiger partial charge >= 0.3 is 0 Å². The largest absolute Gasteiger partial charge is 0.344 e. The summed E-state index contributed by atoms with van der Waals surface area (Å²) in [4.78, 5) is 0. The number of nitrogens with two attached hydrogens (primary N) is 1. The van der Waals surface area contributed by atoms with E-state index in [1.807, 2.05) is 0 Å². The van der Waals surface area contributed by atoms with Crippen LogP contribution in [0, 0.1) is 6.92 Å². The summed E-state index contributed by atoms with van der Waals surface area (Å²) in [5, 5.41) is 8.82. The number of nitrogens with one attached hydrogen (secondary N) is 2. The minimum absolute atomic E-state index is 0. The number of halogens is 3. The van der Waals surface area contributed by atoms with Crippen molar-refractivity contribution in [2.24, 2.45) is 5.73 Å². The summed E-state index contributed by atoms with van der Waals surface area (Å²) in [6.07, 6.45) is 10.8. The fraction of sp³-hybridized carbons (Fsp3) is 0.517. The average Bonchev–Trinajstić information content (AvgIpc) is 3.23. The van der Waals surface area contributed by atoms with Crippen LogP contribution >= 0.6 is 37.2 Å². The predicted octanol–water partition coefficient (Wildman–Crippen LogP) is 6.52. The molecule has 0 spiro atoms. The molecular weight excluding hydrogens is 511 g/mol. The molecule has 36 heavy (non-hydrogen) atoms. The van der Waals surface area contributed by atoms with Gasteiger partial charge in [-0.1, -0.05) is 48.0 Å². The minimum Gasteiger partial charge on any atom is -0.344 e. The van der Waals surface area contributed by atoms with Crippen LogP contribution in [0.25, 0.3) is 10.9 Å². The highest BCUT2D eigenvalue weighted by atomic mass is 35.5. The van der Waals surface area contributed by atoms with E-state index in [2.05, 4.69) is 76.9 Å². The summed E-state index contributed by atoms with van der Waals surface area (Å²) in [6.45, 7) is 5.49. The maximum absolute atomic E-state index is 6.12. The number of fused-ring (bicyclic) bond motifs is 1. The predicted molar refractivity (Wildman–Crippen MR) is 161 cm³/mol. The quantitative estimate of drug-likeness (QED) is 0.312. The molecule has 4 N–H and O–H groups in total. The van der Waals surface area contributed by atoms with Gasteiger partial charge < -0.3 is 20.9 Å². The van der Waals surface area contributed by atoms with Crippen LogP contribution in [-0.4, -0.2) is 36.3 Å². The Morgan fingerprint density at radius 2 is 1.67 bits per heavy atom. The van der Waals surface area contributed by atoms with Gasteiger partial charge in [0.2, 0.25) is 0 Å². The normalized spacial score (nSPS) is 21.2. The smallest absolute Gasteiger partial charge is 0.0485 e. The number of para-hydroxylation sites is 1. The van der Waals surface area contributed by atoms with Gasteiger partial charge in [-0.2, -0.15) is 0 Å². The molecule has 1 unspecified atom stereocenters. The van der Waals surface area contributed by atoms with Gasteiger partial charge in [-0.15, -0.1) is 37.2 Å². The highest BCUT2D eigenvalue weighted by Gasteiger charge is 2.24. The fourth-order valence-electron chi connectivity index (χ4n) is 6.04. The van der Waals surface area contributed by atoms with Gasteiger partial charge in [0.05, 0.1) is 0 Å². The number of piperidine rings is 1. The Labute approximate surface area is 235 Å². The van der Waals surface area contributed by atoms with Gasteiger partial charge in [-0.05, 0) is 88.7 Å². The molecule has 1 saturated heterocycles. The Morgan fingerprint density at radius 3 is 2.39 bits per heavy atom. The summed E-state index contributed by atoms with van der Waals surface area (Å²) in [5.74, 6) is 0.399. The molecule has 5 rings (SSSR count). The first kappa shape index (κ1) is 31.0. The van der Waals surface area contributed by atoms with E-state index in [0.29, 0.717) is 24.0 Å². The highest BCUT2D eigenvalue weighted by Crippen LogP contribution is 2.37. The zero-order valence-corrected chi connectivity index (χ0v) is 23.8. The first-order valence-electron chi connectivity index (χ1n) is 13.0. The Balaban J connectivity index is 0.00000152. The molecule has 0 bridgehead atoms. The van der Waals surface area contributed by atoms with Gasteiger partial charge in [0.15, 0.2) is 0 Å². The number of aromatic nitrogens is 1. The number of hydrogen-bond acceptors (Lipinski definition) is 3. The summed E-state index contributed by atoms with van der Waals surface area (Å²) in [7, 11) is 0. The first-order valence-corrected chi connectivity index (χ1v) is 13.0. The Hall–Kier alpha value is -1.27. The minimum atomic E-state index is 0. The van der Waals surface area contributed by atoms with Crippen molar-refractivity contribution in [2.75, 3.05) is 19.6 Å². The van der Waals surface area contributed by atoms with Crippen molar-refractivity contribution in [2.45, 2.75) is 75.9 Å². The molecule has 0 radical (unpaired) electrons. The molecule has 3 aromatic rings. The SMILES string of the molecule is Cc1cccc(C(CCNC2CCC(N)CC2)c2cn(C3CCNCC3)c3ccccc23)c1.Cl.Cl.Cl. The van der Waals surface area contributed by atoms with Crippen LogP contribution in [-0.2, 0) is 0 Å². The van der Waals surface area contributed by atoms with Crippen LogP contribution in [0.15, 0.2) is 54.7 Å². The van der Waals surface area contributed by atoms with Crippen molar-refractivity contribution in [3.05, 3.63) is 71.4 Å². The van der Waals surface area contributed by atoms with Crippen molar-refractivity contribution in [3.8, 4) is 0 Å². The molecule has 2 aliphatic rings. The Morgan fingerprint density at radius 1 is 0.944 bits per heavy atom. The molecule has 200 valence electrons. The fourth-order valence-corrected chi connectivity index (χ4v) is 6.04. The lowest BCUT2D eigenvalue weighted by Gasteiger charge is -2.28. The van der Waals surface area contributed by atoms with E-state index in [-0.39, 0.29) is 37.2 Å². The number of benzene rings is 2. The summed E-state index contributed by atoms with van der Waals surface area (Å²) in [5.41, 5.74) is 11.8. The van der Waals surface area contributed by atoms with Crippen molar-refractivity contribution in [1.82, 2.24) is 15.2 Å². The zero-order valence-electron chi connectivity index (χ0n) is 21.3. The molecule has 2 aromatic carbocycles. The zero-order chi connectivity index (χ0) is 22.6. The van der Waals surface area contributed by atoms with Gasteiger partial charge in [-0.3, -0.25) is 0 Å². The molecule has 2 heterocycles. The number of rotatable bonds is 7. The van der Waals surface area contributed by atoms with Gasteiger partial charge in [0.1, 0.15) is 0 Å². The second-order valence-electron chi connectivity index (χ2n) is 10.3. The van der Waals surface area contributed by atoms with E-state index in [9.17, 15) is 0 Å². The van der Waals surface area contributed by atoms with Crippen LogP contribution in [0.4, 0.5) is 0 Å². The van der Waals surface area contributed by atoms with Crippen molar-refractivity contribution >= 4 is 48.1 Å². The summed E-state index contributed by atoms with van der Waals surface area (Å²) >= 11 is 0. The topological polar surface area (TPSA) is 55.0 Å². The lowest BCUT2D eigenvalue weighted by atomic mass is 9.87. The molecule has 2 fully saturated rings. The highest BCUT2D eigenvalue weighted by molar-refractivity contribution is 5.86. The van der Waals surface area contributed by atoms with Gasteiger partial charge in [0, 0.05) is 41.1 Å². The maximum atomic E-state index is 6.12. The third kappa shape index (κ3) is 7.18. The van der Waals surface area contributed by atoms with Crippen molar-refractivity contribution in [3.63, 3.8) is 0 Å². The van der Waals surface area contributed by atoms with E-state index in [1.54, 1.807) is 0 Å². The molecule has 7 heteroatoms. The summed E-state index contributed by atoms with van der Waals surface area (Å²) < 4.78 is 2.59. The van der Waals surface area contributed by atoms with Gasteiger partial charge in [-0.25, -0.2) is 0 Å². The van der Waals surface area contributed by atoms with Crippen LogP contribution in [0.1, 0.15) is 73.6 Å². The van der Waals surface area contributed by atoms with E-state index in [4.69, 9.17) is 5.73 Å². The van der Waals surface area contributed by atoms with Crippen LogP contribution in [0.3, 0.4) is 0 Å². The number of nitrogens with zero attached hydrogens (tertiary/aromatic N) is 1. The molecule has 1 atom stereocenters.